The van der Waals surface area contributed by atoms with E-state index in [1.165, 1.54) is 13.2 Å². The average Bonchev–Trinajstić information content (AvgIpc) is 2.60. The van der Waals surface area contributed by atoms with E-state index in [1.54, 1.807) is 6.07 Å². The SMILES string of the molecule is C[C@@H](O)[C@@H](CO)NC(=O)c1occc1Br. The first-order valence-electron chi connectivity index (χ1n) is 4.39. The van der Waals surface area contributed by atoms with E-state index < -0.39 is 18.1 Å². The van der Waals surface area contributed by atoms with Crippen molar-refractivity contribution in [1.82, 2.24) is 5.32 Å². The van der Waals surface area contributed by atoms with Crippen LogP contribution in [-0.4, -0.2) is 34.9 Å². The van der Waals surface area contributed by atoms with E-state index in [2.05, 4.69) is 21.2 Å². The molecule has 0 aliphatic carbocycles. The summed E-state index contributed by atoms with van der Waals surface area (Å²) in [7, 11) is 0. The molecule has 0 unspecified atom stereocenters. The van der Waals surface area contributed by atoms with Gasteiger partial charge in [0.25, 0.3) is 5.91 Å². The van der Waals surface area contributed by atoms with Crippen molar-refractivity contribution >= 4 is 21.8 Å². The van der Waals surface area contributed by atoms with Gasteiger partial charge in [0.2, 0.25) is 5.76 Å². The van der Waals surface area contributed by atoms with Crippen LogP contribution >= 0.6 is 15.9 Å². The number of furan rings is 1. The number of hydrogen-bond donors (Lipinski definition) is 3. The van der Waals surface area contributed by atoms with Gasteiger partial charge in [-0.2, -0.15) is 0 Å². The summed E-state index contributed by atoms with van der Waals surface area (Å²) >= 11 is 3.14. The van der Waals surface area contributed by atoms with Crippen LogP contribution in [0.4, 0.5) is 0 Å². The van der Waals surface area contributed by atoms with Gasteiger partial charge in [0.1, 0.15) is 0 Å². The van der Waals surface area contributed by atoms with Gasteiger partial charge in [0, 0.05) is 0 Å². The third kappa shape index (κ3) is 3.05. The van der Waals surface area contributed by atoms with Crippen molar-refractivity contribution in [3.05, 3.63) is 22.6 Å². The molecule has 0 radical (unpaired) electrons. The Kier molecular flexibility index (Phi) is 4.31. The maximum atomic E-state index is 11.5. The molecule has 0 saturated carbocycles. The van der Waals surface area contributed by atoms with Crippen molar-refractivity contribution in [2.24, 2.45) is 0 Å². The number of aliphatic hydroxyl groups is 2. The topological polar surface area (TPSA) is 82.7 Å². The highest BCUT2D eigenvalue weighted by atomic mass is 79.9. The molecule has 1 rings (SSSR count). The first-order valence-corrected chi connectivity index (χ1v) is 5.18. The van der Waals surface area contributed by atoms with Gasteiger partial charge in [0.05, 0.1) is 29.5 Å². The Morgan fingerprint density at radius 1 is 1.73 bits per heavy atom. The standard InChI is InChI=1S/C9H12BrNO4/c1-5(13)7(4-12)11-9(14)8-6(10)2-3-15-8/h2-3,5,7,12-13H,4H2,1H3,(H,11,14)/t5-,7-/m1/s1. The van der Waals surface area contributed by atoms with Gasteiger partial charge in [-0.15, -0.1) is 0 Å². The highest BCUT2D eigenvalue weighted by Gasteiger charge is 2.20. The second-order valence-corrected chi connectivity index (χ2v) is 3.96. The van der Waals surface area contributed by atoms with Crippen LogP contribution in [0.15, 0.2) is 21.2 Å². The molecule has 2 atom stereocenters. The Hall–Kier alpha value is -0.850. The van der Waals surface area contributed by atoms with E-state index in [4.69, 9.17) is 9.52 Å². The molecule has 0 fully saturated rings. The van der Waals surface area contributed by atoms with E-state index in [9.17, 15) is 9.90 Å². The molecule has 1 heterocycles. The summed E-state index contributed by atoms with van der Waals surface area (Å²) in [6.07, 6.45) is 0.544. The van der Waals surface area contributed by atoms with Crippen LogP contribution in [0.5, 0.6) is 0 Å². The maximum absolute atomic E-state index is 11.5. The summed E-state index contributed by atoms with van der Waals surface area (Å²) in [6, 6.07) is 0.889. The van der Waals surface area contributed by atoms with Gasteiger partial charge >= 0.3 is 0 Å². The van der Waals surface area contributed by atoms with Gasteiger partial charge in [-0.3, -0.25) is 4.79 Å². The van der Waals surface area contributed by atoms with Crippen molar-refractivity contribution in [2.45, 2.75) is 19.1 Å². The monoisotopic (exact) mass is 277 g/mol. The summed E-state index contributed by atoms with van der Waals surface area (Å²) in [6.45, 7) is 1.15. The van der Waals surface area contributed by atoms with Crippen LogP contribution in [0.25, 0.3) is 0 Å². The van der Waals surface area contributed by atoms with Gasteiger partial charge in [-0.1, -0.05) is 0 Å². The fourth-order valence-corrected chi connectivity index (χ4v) is 1.39. The summed E-state index contributed by atoms with van der Waals surface area (Å²) in [5.74, 6) is -0.360. The molecule has 0 aliphatic heterocycles. The molecular formula is C9H12BrNO4. The molecule has 84 valence electrons. The van der Waals surface area contributed by atoms with Crippen LogP contribution < -0.4 is 5.32 Å². The van der Waals surface area contributed by atoms with E-state index in [1.807, 2.05) is 0 Å². The normalized spacial score (nSPS) is 14.7. The van der Waals surface area contributed by atoms with E-state index in [0.717, 1.165) is 0 Å². The minimum absolute atomic E-state index is 0.120. The number of nitrogens with one attached hydrogen (secondary N) is 1. The number of carbonyl (C=O) groups excluding carboxylic acids is 1. The smallest absolute Gasteiger partial charge is 0.288 e. The van der Waals surface area contributed by atoms with Crippen LogP contribution in [0.2, 0.25) is 0 Å². The summed E-state index contributed by atoms with van der Waals surface area (Å²) in [4.78, 5) is 11.5. The quantitative estimate of drug-likeness (QED) is 0.749. The van der Waals surface area contributed by atoms with Crippen molar-refractivity contribution < 1.29 is 19.4 Å². The highest BCUT2D eigenvalue weighted by Crippen LogP contribution is 2.17. The number of aliphatic hydroxyl groups excluding tert-OH is 2. The number of hydrogen-bond acceptors (Lipinski definition) is 4. The fourth-order valence-electron chi connectivity index (χ4n) is 1.01. The van der Waals surface area contributed by atoms with Gasteiger partial charge in [0.15, 0.2) is 0 Å². The summed E-state index contributed by atoms with van der Waals surface area (Å²) in [5, 5.41) is 20.6. The number of carbonyl (C=O) groups is 1. The predicted molar refractivity (Wildman–Crippen MR) is 56.4 cm³/mol. The predicted octanol–water partition coefficient (Wildman–Crippen LogP) is 0.514. The van der Waals surface area contributed by atoms with E-state index in [-0.39, 0.29) is 12.4 Å². The highest BCUT2D eigenvalue weighted by molar-refractivity contribution is 9.10. The first-order chi connectivity index (χ1) is 7.06. The van der Waals surface area contributed by atoms with E-state index in [0.29, 0.717) is 4.47 Å². The fraction of sp³-hybridized carbons (Fsp3) is 0.444. The Labute approximate surface area is 95.2 Å². The lowest BCUT2D eigenvalue weighted by molar-refractivity contribution is 0.0735. The van der Waals surface area contributed by atoms with Crippen LogP contribution in [0, 0.1) is 0 Å². The second kappa shape index (κ2) is 5.29. The van der Waals surface area contributed by atoms with Gasteiger partial charge in [-0.25, -0.2) is 0 Å². The van der Waals surface area contributed by atoms with Crippen molar-refractivity contribution in [2.75, 3.05) is 6.61 Å². The largest absolute Gasteiger partial charge is 0.458 e. The molecule has 0 spiro atoms. The Morgan fingerprint density at radius 3 is 2.80 bits per heavy atom. The van der Waals surface area contributed by atoms with Crippen LogP contribution in [0.3, 0.4) is 0 Å². The Balaban J connectivity index is 2.67. The lowest BCUT2D eigenvalue weighted by Crippen LogP contribution is -2.44. The number of amides is 1. The summed E-state index contributed by atoms with van der Waals surface area (Å²) in [5.41, 5.74) is 0. The summed E-state index contributed by atoms with van der Waals surface area (Å²) < 4.78 is 5.46. The molecule has 15 heavy (non-hydrogen) atoms. The second-order valence-electron chi connectivity index (χ2n) is 3.10. The van der Waals surface area contributed by atoms with Crippen molar-refractivity contribution in [1.29, 1.82) is 0 Å². The number of halogens is 1. The molecule has 0 bridgehead atoms. The third-order valence-corrected chi connectivity index (χ3v) is 2.54. The van der Waals surface area contributed by atoms with Crippen molar-refractivity contribution in [3.8, 4) is 0 Å². The molecule has 5 nitrogen and oxygen atoms in total. The Bertz CT molecular complexity index is 337. The first kappa shape index (κ1) is 12.2. The molecule has 1 amide bonds. The molecular weight excluding hydrogens is 266 g/mol. The van der Waals surface area contributed by atoms with Crippen molar-refractivity contribution in [3.63, 3.8) is 0 Å². The molecule has 0 aliphatic rings. The minimum atomic E-state index is -0.826. The van der Waals surface area contributed by atoms with Crippen LogP contribution in [0.1, 0.15) is 17.5 Å². The Morgan fingerprint density at radius 2 is 2.40 bits per heavy atom. The minimum Gasteiger partial charge on any atom is -0.458 e. The average molecular weight is 278 g/mol. The van der Waals surface area contributed by atoms with E-state index >= 15 is 0 Å². The maximum Gasteiger partial charge on any atom is 0.288 e. The lowest BCUT2D eigenvalue weighted by atomic mass is 10.2. The number of rotatable bonds is 4. The molecule has 0 aromatic carbocycles. The zero-order valence-corrected chi connectivity index (χ0v) is 9.69. The van der Waals surface area contributed by atoms with Gasteiger partial charge in [-0.05, 0) is 28.9 Å². The lowest BCUT2D eigenvalue weighted by Gasteiger charge is -2.18. The third-order valence-electron chi connectivity index (χ3n) is 1.92. The molecule has 6 heteroatoms. The zero-order valence-electron chi connectivity index (χ0n) is 8.11. The molecule has 0 saturated heterocycles. The zero-order chi connectivity index (χ0) is 11.4. The molecule has 1 aromatic rings. The molecule has 1 aromatic heterocycles. The van der Waals surface area contributed by atoms with Gasteiger partial charge < -0.3 is 19.9 Å². The molecule has 3 N–H and O–H groups in total. The van der Waals surface area contributed by atoms with Crippen LogP contribution in [-0.2, 0) is 0 Å².